The Hall–Kier alpha value is -1.10. The Kier molecular flexibility index (Phi) is 5.41. The van der Waals surface area contributed by atoms with Gasteiger partial charge in [0.25, 0.3) is 0 Å². The summed E-state index contributed by atoms with van der Waals surface area (Å²) in [6, 6.07) is 0.398. The average molecular weight is 242 g/mol. The number of carbonyl (C=O) groups excluding carboxylic acids is 2. The molecule has 5 nitrogen and oxygen atoms in total. The molecule has 0 aliphatic heterocycles. The van der Waals surface area contributed by atoms with Gasteiger partial charge in [-0.3, -0.25) is 14.5 Å². The number of nitrogens with zero attached hydrogens (tertiary/aromatic N) is 1. The standard InChI is InChI=1S/C12H22N2O3/c1-4-17-12(16)7-9(2)14(3)8-11(15)13-10-5-6-10/h9-10H,4-8H2,1-3H3,(H,13,15). The second kappa shape index (κ2) is 6.59. The van der Waals surface area contributed by atoms with Crippen molar-refractivity contribution >= 4 is 11.9 Å². The van der Waals surface area contributed by atoms with Crippen molar-refractivity contribution in [2.24, 2.45) is 0 Å². The van der Waals surface area contributed by atoms with E-state index in [4.69, 9.17) is 4.74 Å². The zero-order valence-electron chi connectivity index (χ0n) is 10.9. The van der Waals surface area contributed by atoms with E-state index in [0.29, 0.717) is 25.6 Å². The predicted octanol–water partition coefficient (Wildman–Crippen LogP) is 0.539. The monoisotopic (exact) mass is 242 g/mol. The molecule has 1 aliphatic rings. The van der Waals surface area contributed by atoms with Crippen LogP contribution in [0, 0.1) is 0 Å². The maximum Gasteiger partial charge on any atom is 0.307 e. The van der Waals surface area contributed by atoms with E-state index in [1.807, 2.05) is 18.9 Å². The molecule has 0 radical (unpaired) electrons. The first-order valence-corrected chi connectivity index (χ1v) is 6.18. The van der Waals surface area contributed by atoms with Gasteiger partial charge in [-0.25, -0.2) is 0 Å². The van der Waals surface area contributed by atoms with Crippen LogP contribution >= 0.6 is 0 Å². The molecule has 1 saturated carbocycles. The first-order chi connectivity index (χ1) is 8.02. The van der Waals surface area contributed by atoms with Crippen LogP contribution < -0.4 is 5.32 Å². The summed E-state index contributed by atoms with van der Waals surface area (Å²) in [5, 5.41) is 2.92. The molecule has 1 atom stereocenters. The molecule has 1 N–H and O–H groups in total. The van der Waals surface area contributed by atoms with Gasteiger partial charge in [0.1, 0.15) is 0 Å². The van der Waals surface area contributed by atoms with Gasteiger partial charge in [-0.2, -0.15) is 0 Å². The SMILES string of the molecule is CCOC(=O)CC(C)N(C)CC(=O)NC1CC1. The molecule has 1 unspecified atom stereocenters. The van der Waals surface area contributed by atoms with Gasteiger partial charge >= 0.3 is 5.97 Å². The van der Waals surface area contributed by atoms with Crippen LogP contribution in [0.3, 0.4) is 0 Å². The molecule has 98 valence electrons. The number of carbonyl (C=O) groups is 2. The molecule has 0 spiro atoms. The third-order valence-electron chi connectivity index (χ3n) is 2.86. The highest BCUT2D eigenvalue weighted by atomic mass is 16.5. The highest BCUT2D eigenvalue weighted by Crippen LogP contribution is 2.18. The molecular weight excluding hydrogens is 220 g/mol. The van der Waals surface area contributed by atoms with Gasteiger partial charge in [0.15, 0.2) is 0 Å². The molecule has 1 amide bonds. The fraction of sp³-hybridized carbons (Fsp3) is 0.833. The minimum Gasteiger partial charge on any atom is -0.466 e. The Morgan fingerprint density at radius 2 is 2.12 bits per heavy atom. The fourth-order valence-corrected chi connectivity index (χ4v) is 1.50. The zero-order chi connectivity index (χ0) is 12.8. The molecule has 17 heavy (non-hydrogen) atoms. The first-order valence-electron chi connectivity index (χ1n) is 6.18. The van der Waals surface area contributed by atoms with Crippen LogP contribution in [0.15, 0.2) is 0 Å². The summed E-state index contributed by atoms with van der Waals surface area (Å²) >= 11 is 0. The Balaban J connectivity index is 2.22. The second-order valence-electron chi connectivity index (χ2n) is 4.62. The lowest BCUT2D eigenvalue weighted by Gasteiger charge is -2.23. The van der Waals surface area contributed by atoms with Gasteiger partial charge in [-0.05, 0) is 33.7 Å². The maximum atomic E-state index is 11.6. The summed E-state index contributed by atoms with van der Waals surface area (Å²) in [5.74, 6) is -0.180. The Labute approximate surface area is 102 Å². The topological polar surface area (TPSA) is 58.6 Å². The summed E-state index contributed by atoms with van der Waals surface area (Å²) in [6.45, 7) is 4.44. The number of ether oxygens (including phenoxy) is 1. The van der Waals surface area contributed by atoms with Crippen LogP contribution in [0.25, 0.3) is 0 Å². The van der Waals surface area contributed by atoms with Crippen LogP contribution in [0.2, 0.25) is 0 Å². The van der Waals surface area contributed by atoms with Crippen molar-refractivity contribution < 1.29 is 14.3 Å². The summed E-state index contributed by atoms with van der Waals surface area (Å²) in [4.78, 5) is 24.7. The number of rotatable bonds is 7. The molecule has 0 bridgehead atoms. The molecule has 0 saturated heterocycles. The van der Waals surface area contributed by atoms with E-state index in [1.165, 1.54) is 0 Å². The van der Waals surface area contributed by atoms with Crippen molar-refractivity contribution in [2.45, 2.75) is 45.2 Å². The molecule has 1 aliphatic carbocycles. The van der Waals surface area contributed by atoms with Crippen LogP contribution in [0.5, 0.6) is 0 Å². The van der Waals surface area contributed by atoms with Gasteiger partial charge in [-0.1, -0.05) is 0 Å². The number of hydrogen-bond acceptors (Lipinski definition) is 4. The number of hydrogen-bond donors (Lipinski definition) is 1. The quantitative estimate of drug-likeness (QED) is 0.662. The van der Waals surface area contributed by atoms with Crippen molar-refractivity contribution in [1.29, 1.82) is 0 Å². The van der Waals surface area contributed by atoms with Gasteiger partial charge in [0.05, 0.1) is 19.6 Å². The maximum absolute atomic E-state index is 11.6. The van der Waals surface area contributed by atoms with Crippen LogP contribution in [0.4, 0.5) is 0 Å². The molecular formula is C12H22N2O3. The molecule has 0 aromatic carbocycles. The third-order valence-corrected chi connectivity index (χ3v) is 2.86. The van der Waals surface area contributed by atoms with Crippen molar-refractivity contribution in [3.8, 4) is 0 Å². The molecule has 1 rings (SSSR count). The summed E-state index contributed by atoms with van der Waals surface area (Å²) in [6.07, 6.45) is 2.50. The van der Waals surface area contributed by atoms with E-state index < -0.39 is 0 Å². The first kappa shape index (κ1) is 14.0. The second-order valence-corrected chi connectivity index (χ2v) is 4.62. The fourth-order valence-electron chi connectivity index (χ4n) is 1.50. The Morgan fingerprint density at radius 1 is 1.47 bits per heavy atom. The molecule has 0 aromatic heterocycles. The van der Waals surface area contributed by atoms with E-state index >= 15 is 0 Å². The highest BCUT2D eigenvalue weighted by molar-refractivity contribution is 5.78. The van der Waals surface area contributed by atoms with E-state index in [0.717, 1.165) is 12.8 Å². The lowest BCUT2D eigenvalue weighted by Crippen LogP contribution is -2.41. The predicted molar refractivity (Wildman–Crippen MR) is 64.5 cm³/mol. The van der Waals surface area contributed by atoms with Gasteiger partial charge in [0, 0.05) is 12.1 Å². The lowest BCUT2D eigenvalue weighted by molar-refractivity contribution is -0.144. The lowest BCUT2D eigenvalue weighted by atomic mass is 10.2. The van der Waals surface area contributed by atoms with Gasteiger partial charge in [-0.15, -0.1) is 0 Å². The molecule has 0 aromatic rings. The van der Waals surface area contributed by atoms with Crippen molar-refractivity contribution in [3.63, 3.8) is 0 Å². The minimum absolute atomic E-state index is 0.0130. The Morgan fingerprint density at radius 3 is 2.65 bits per heavy atom. The van der Waals surface area contributed by atoms with Crippen LogP contribution in [-0.2, 0) is 14.3 Å². The molecule has 1 fully saturated rings. The van der Waals surface area contributed by atoms with Crippen molar-refractivity contribution in [1.82, 2.24) is 10.2 Å². The third kappa shape index (κ3) is 5.68. The highest BCUT2D eigenvalue weighted by Gasteiger charge is 2.24. The average Bonchev–Trinajstić information content (AvgIpc) is 3.01. The number of amides is 1. The smallest absolute Gasteiger partial charge is 0.307 e. The van der Waals surface area contributed by atoms with Crippen LogP contribution in [0.1, 0.15) is 33.1 Å². The van der Waals surface area contributed by atoms with Gasteiger partial charge in [0.2, 0.25) is 5.91 Å². The minimum atomic E-state index is -0.213. The summed E-state index contributed by atoms with van der Waals surface area (Å²) in [5.41, 5.74) is 0. The molecule has 5 heteroatoms. The van der Waals surface area contributed by atoms with E-state index in [9.17, 15) is 9.59 Å². The van der Waals surface area contributed by atoms with Gasteiger partial charge < -0.3 is 10.1 Å². The zero-order valence-corrected chi connectivity index (χ0v) is 10.9. The van der Waals surface area contributed by atoms with Crippen molar-refractivity contribution in [2.75, 3.05) is 20.2 Å². The largest absolute Gasteiger partial charge is 0.466 e. The van der Waals surface area contributed by atoms with E-state index in [2.05, 4.69) is 5.32 Å². The number of esters is 1. The Bertz CT molecular complexity index is 277. The van der Waals surface area contributed by atoms with E-state index in [1.54, 1.807) is 6.92 Å². The van der Waals surface area contributed by atoms with E-state index in [-0.39, 0.29) is 17.9 Å². The summed E-state index contributed by atoms with van der Waals surface area (Å²) < 4.78 is 4.88. The van der Waals surface area contributed by atoms with Crippen molar-refractivity contribution in [3.05, 3.63) is 0 Å². The number of nitrogens with one attached hydrogen (secondary N) is 1. The normalized spacial score (nSPS) is 16.7. The summed E-state index contributed by atoms with van der Waals surface area (Å²) in [7, 11) is 1.84. The molecule has 0 heterocycles. The van der Waals surface area contributed by atoms with Crippen LogP contribution in [-0.4, -0.2) is 49.1 Å². The number of likely N-dealkylation sites (N-methyl/N-ethyl adjacent to an activating group) is 1.